The number of nitrogens with one attached hydrogen (secondary N) is 1. The van der Waals surface area contributed by atoms with Gasteiger partial charge in [-0.25, -0.2) is 0 Å². The largest absolute Gasteiger partial charge is 0.339 e. The number of hydrogen-bond donors (Lipinski definition) is 1. The summed E-state index contributed by atoms with van der Waals surface area (Å²) in [4.78, 5) is 14.4. The number of aryl methyl sites for hydroxylation is 1. The van der Waals surface area contributed by atoms with Gasteiger partial charge in [0.2, 0.25) is 5.91 Å². The maximum absolute atomic E-state index is 12.4. The molecule has 2 atom stereocenters. The first-order valence-corrected chi connectivity index (χ1v) is 7.82. The SMILES string of the molecule is CN(C(=O)CCC1CCCN1)C1CCc2ccccc21.Cl. The van der Waals surface area contributed by atoms with Crippen LogP contribution in [0.15, 0.2) is 24.3 Å². The Hall–Kier alpha value is -1.06. The van der Waals surface area contributed by atoms with Crippen molar-refractivity contribution < 1.29 is 4.79 Å². The second-order valence-corrected chi connectivity index (χ2v) is 6.09. The van der Waals surface area contributed by atoms with Crippen LogP contribution in [-0.4, -0.2) is 30.4 Å². The van der Waals surface area contributed by atoms with Crippen molar-refractivity contribution in [3.8, 4) is 0 Å². The summed E-state index contributed by atoms with van der Waals surface area (Å²) in [5, 5.41) is 3.47. The maximum atomic E-state index is 12.4. The lowest BCUT2D eigenvalue weighted by molar-refractivity contribution is -0.132. The first-order valence-electron chi connectivity index (χ1n) is 7.82. The number of rotatable bonds is 4. The Kier molecular flexibility index (Phi) is 5.65. The Morgan fingerprint density at radius 2 is 2.14 bits per heavy atom. The molecule has 1 N–H and O–H groups in total. The van der Waals surface area contributed by atoms with Crippen LogP contribution in [0.25, 0.3) is 0 Å². The van der Waals surface area contributed by atoms with Gasteiger partial charge in [0.25, 0.3) is 0 Å². The van der Waals surface area contributed by atoms with Crippen LogP contribution in [-0.2, 0) is 11.2 Å². The average molecular weight is 309 g/mol. The van der Waals surface area contributed by atoms with Gasteiger partial charge in [-0.1, -0.05) is 24.3 Å². The highest BCUT2D eigenvalue weighted by molar-refractivity contribution is 5.85. The highest BCUT2D eigenvalue weighted by Crippen LogP contribution is 2.35. The molecule has 3 nitrogen and oxygen atoms in total. The van der Waals surface area contributed by atoms with E-state index in [0.717, 1.165) is 25.8 Å². The predicted molar refractivity (Wildman–Crippen MR) is 87.8 cm³/mol. The van der Waals surface area contributed by atoms with Crippen LogP contribution in [0.4, 0.5) is 0 Å². The van der Waals surface area contributed by atoms with Crippen LogP contribution in [0.5, 0.6) is 0 Å². The fourth-order valence-electron chi connectivity index (χ4n) is 3.59. The number of fused-ring (bicyclic) bond motifs is 1. The Balaban J connectivity index is 0.00000161. The summed E-state index contributed by atoms with van der Waals surface area (Å²) in [5.74, 6) is 0.292. The highest BCUT2D eigenvalue weighted by atomic mass is 35.5. The van der Waals surface area contributed by atoms with Crippen LogP contribution < -0.4 is 5.32 Å². The first-order chi connectivity index (χ1) is 9.75. The molecule has 1 amide bonds. The molecule has 0 spiro atoms. The third kappa shape index (κ3) is 3.58. The Bertz CT molecular complexity index is 485. The summed E-state index contributed by atoms with van der Waals surface area (Å²) >= 11 is 0. The highest BCUT2D eigenvalue weighted by Gasteiger charge is 2.28. The van der Waals surface area contributed by atoms with Crippen molar-refractivity contribution >= 4 is 18.3 Å². The molecule has 3 rings (SSSR count). The topological polar surface area (TPSA) is 32.3 Å². The lowest BCUT2D eigenvalue weighted by atomic mass is 10.1. The number of hydrogen-bond acceptors (Lipinski definition) is 2. The van der Waals surface area contributed by atoms with Gasteiger partial charge in [-0.05, 0) is 49.8 Å². The predicted octanol–water partition coefficient (Wildman–Crippen LogP) is 3.09. The van der Waals surface area contributed by atoms with E-state index in [1.807, 2.05) is 11.9 Å². The molecule has 1 heterocycles. The minimum atomic E-state index is 0. The van der Waals surface area contributed by atoms with Crippen molar-refractivity contribution in [1.82, 2.24) is 10.2 Å². The van der Waals surface area contributed by atoms with Crippen molar-refractivity contribution in [2.24, 2.45) is 0 Å². The summed E-state index contributed by atoms with van der Waals surface area (Å²) in [5.41, 5.74) is 2.76. The minimum Gasteiger partial charge on any atom is -0.339 e. The van der Waals surface area contributed by atoms with Gasteiger partial charge in [-0.3, -0.25) is 4.79 Å². The van der Waals surface area contributed by atoms with E-state index in [9.17, 15) is 4.79 Å². The van der Waals surface area contributed by atoms with Crippen LogP contribution in [0, 0.1) is 0 Å². The van der Waals surface area contributed by atoms with E-state index in [1.54, 1.807) is 0 Å². The van der Waals surface area contributed by atoms with Gasteiger partial charge in [0.05, 0.1) is 6.04 Å². The molecule has 0 saturated carbocycles. The monoisotopic (exact) mass is 308 g/mol. The van der Waals surface area contributed by atoms with Gasteiger partial charge < -0.3 is 10.2 Å². The van der Waals surface area contributed by atoms with Crippen LogP contribution in [0.1, 0.15) is 49.3 Å². The molecule has 21 heavy (non-hydrogen) atoms. The van der Waals surface area contributed by atoms with E-state index in [-0.39, 0.29) is 18.4 Å². The second-order valence-electron chi connectivity index (χ2n) is 6.09. The molecule has 4 heteroatoms. The molecule has 1 aromatic carbocycles. The van der Waals surface area contributed by atoms with Gasteiger partial charge in [-0.2, -0.15) is 0 Å². The van der Waals surface area contributed by atoms with E-state index in [1.165, 1.54) is 24.0 Å². The zero-order chi connectivity index (χ0) is 13.9. The van der Waals surface area contributed by atoms with Crippen molar-refractivity contribution in [3.63, 3.8) is 0 Å². The lowest BCUT2D eigenvalue weighted by Crippen LogP contribution is -2.31. The fraction of sp³-hybridized carbons (Fsp3) is 0.588. The number of benzene rings is 1. The molecule has 1 saturated heterocycles. The standard InChI is InChI=1S/C17H24N2O.ClH/c1-19(17(20)11-9-14-6-4-12-18-14)16-10-8-13-5-2-3-7-15(13)16;/h2-3,5,7,14,16,18H,4,6,8-12H2,1H3;1H. The fourth-order valence-corrected chi connectivity index (χ4v) is 3.59. The second kappa shape index (κ2) is 7.28. The summed E-state index contributed by atoms with van der Waals surface area (Å²) in [6.45, 7) is 1.12. The van der Waals surface area contributed by atoms with Crippen molar-refractivity contribution in [2.75, 3.05) is 13.6 Å². The van der Waals surface area contributed by atoms with E-state index in [4.69, 9.17) is 0 Å². The number of nitrogens with zero attached hydrogens (tertiary/aromatic N) is 1. The van der Waals surface area contributed by atoms with E-state index < -0.39 is 0 Å². The molecule has 1 aliphatic heterocycles. The number of carbonyl (C=O) groups excluding carboxylic acids is 1. The summed E-state index contributed by atoms with van der Waals surface area (Å²) < 4.78 is 0. The van der Waals surface area contributed by atoms with Crippen LogP contribution in [0.2, 0.25) is 0 Å². The Labute approximate surface area is 133 Å². The molecule has 1 fully saturated rings. The van der Waals surface area contributed by atoms with Gasteiger partial charge >= 0.3 is 0 Å². The van der Waals surface area contributed by atoms with E-state index in [2.05, 4.69) is 29.6 Å². The average Bonchev–Trinajstić information content (AvgIpc) is 3.13. The molecular formula is C17H25ClN2O. The Morgan fingerprint density at radius 1 is 1.33 bits per heavy atom. The molecule has 0 aromatic heterocycles. The Morgan fingerprint density at radius 3 is 2.90 bits per heavy atom. The maximum Gasteiger partial charge on any atom is 0.222 e. The lowest BCUT2D eigenvalue weighted by Gasteiger charge is -2.26. The zero-order valence-corrected chi connectivity index (χ0v) is 13.5. The molecular weight excluding hydrogens is 284 g/mol. The normalized spacial score (nSPS) is 23.5. The summed E-state index contributed by atoms with van der Waals surface area (Å²) in [7, 11) is 1.97. The summed E-state index contributed by atoms with van der Waals surface area (Å²) in [6.07, 6.45) is 6.31. The first kappa shape index (κ1) is 16.3. The third-order valence-electron chi connectivity index (χ3n) is 4.83. The quantitative estimate of drug-likeness (QED) is 0.927. The molecule has 1 aromatic rings. The smallest absolute Gasteiger partial charge is 0.222 e. The van der Waals surface area contributed by atoms with Gasteiger partial charge in [0, 0.05) is 19.5 Å². The molecule has 0 radical (unpaired) electrons. The summed E-state index contributed by atoms with van der Waals surface area (Å²) in [6, 6.07) is 9.39. The van der Waals surface area contributed by atoms with E-state index >= 15 is 0 Å². The molecule has 1 aliphatic carbocycles. The van der Waals surface area contributed by atoms with Crippen molar-refractivity contribution in [1.29, 1.82) is 0 Å². The zero-order valence-electron chi connectivity index (χ0n) is 12.7. The third-order valence-corrected chi connectivity index (χ3v) is 4.83. The molecule has 116 valence electrons. The van der Waals surface area contributed by atoms with Crippen molar-refractivity contribution in [2.45, 2.75) is 50.6 Å². The van der Waals surface area contributed by atoms with Crippen LogP contribution >= 0.6 is 12.4 Å². The van der Waals surface area contributed by atoms with Gasteiger partial charge in [0.15, 0.2) is 0 Å². The molecule has 2 unspecified atom stereocenters. The minimum absolute atomic E-state index is 0. The van der Waals surface area contributed by atoms with Crippen LogP contribution in [0.3, 0.4) is 0 Å². The van der Waals surface area contributed by atoms with Crippen molar-refractivity contribution in [3.05, 3.63) is 35.4 Å². The van der Waals surface area contributed by atoms with E-state index in [0.29, 0.717) is 18.4 Å². The molecule has 0 bridgehead atoms. The van der Waals surface area contributed by atoms with Gasteiger partial charge in [-0.15, -0.1) is 12.4 Å². The molecule has 2 aliphatic rings. The number of amides is 1. The number of carbonyl (C=O) groups is 1. The van der Waals surface area contributed by atoms with Gasteiger partial charge in [0.1, 0.15) is 0 Å². The number of halogens is 1.